The van der Waals surface area contributed by atoms with Crippen LogP contribution in [0.15, 0.2) is 46.0 Å². The first-order valence-electron chi connectivity index (χ1n) is 6.56. The van der Waals surface area contributed by atoms with E-state index in [4.69, 9.17) is 11.1 Å². The summed E-state index contributed by atoms with van der Waals surface area (Å²) in [6, 6.07) is 11.3. The highest BCUT2D eigenvalue weighted by atomic mass is 35.5. The van der Waals surface area contributed by atoms with Gasteiger partial charge in [-0.05, 0) is 6.07 Å². The van der Waals surface area contributed by atoms with Crippen LogP contribution in [-0.4, -0.2) is 25.5 Å². The Bertz CT molecular complexity index is 979. The van der Waals surface area contributed by atoms with Crippen molar-refractivity contribution >= 4 is 50.8 Å². The molecule has 2 aromatic heterocycles. The minimum Gasteiger partial charge on any atom is -0.383 e. The summed E-state index contributed by atoms with van der Waals surface area (Å²) in [4.78, 5) is 4.97. The van der Waals surface area contributed by atoms with Crippen molar-refractivity contribution in [3.63, 3.8) is 0 Å². The average molecular weight is 400 g/mol. The van der Waals surface area contributed by atoms with Crippen molar-refractivity contribution in [2.45, 2.75) is 4.21 Å². The summed E-state index contributed by atoms with van der Waals surface area (Å²) in [5, 5.41) is 10.0. The number of thiazole rings is 1. The molecule has 24 heavy (non-hydrogen) atoms. The first kappa shape index (κ1) is 18.6. The lowest BCUT2D eigenvalue weighted by atomic mass is 10.2. The summed E-state index contributed by atoms with van der Waals surface area (Å²) >= 11 is 2.38. The number of aromatic nitrogens is 1. The van der Waals surface area contributed by atoms with Crippen molar-refractivity contribution in [3.05, 3.63) is 46.7 Å². The van der Waals surface area contributed by atoms with Gasteiger partial charge in [0.1, 0.15) is 15.1 Å². The molecule has 0 saturated carbocycles. The minimum atomic E-state index is -3.42. The number of amidine groups is 1. The van der Waals surface area contributed by atoms with Gasteiger partial charge in [-0.1, -0.05) is 30.3 Å². The highest BCUT2D eigenvalue weighted by Crippen LogP contribution is 2.38. The van der Waals surface area contributed by atoms with Gasteiger partial charge in [-0.3, -0.25) is 5.41 Å². The highest BCUT2D eigenvalue weighted by molar-refractivity contribution is 7.93. The molecule has 0 amide bonds. The monoisotopic (exact) mass is 399 g/mol. The van der Waals surface area contributed by atoms with Gasteiger partial charge in [0.2, 0.25) is 0 Å². The number of nitrogens with one attached hydrogen (secondary N) is 1. The summed E-state index contributed by atoms with van der Waals surface area (Å²) in [6.07, 6.45) is 1.15. The Labute approximate surface area is 154 Å². The van der Waals surface area contributed by atoms with Gasteiger partial charge in [-0.2, -0.15) is 0 Å². The van der Waals surface area contributed by atoms with Gasteiger partial charge in [0, 0.05) is 22.8 Å². The molecular formula is C15H14ClN3O2S3. The molecule has 5 nitrogen and oxygen atoms in total. The molecule has 0 aliphatic heterocycles. The fraction of sp³-hybridized carbons (Fsp3) is 0.0667. The van der Waals surface area contributed by atoms with E-state index in [1.165, 1.54) is 11.3 Å². The molecular weight excluding hydrogens is 386 g/mol. The second-order valence-corrected chi connectivity index (χ2v) is 9.02. The van der Waals surface area contributed by atoms with Crippen LogP contribution >= 0.6 is 35.1 Å². The summed E-state index contributed by atoms with van der Waals surface area (Å²) in [7, 11) is -3.42. The van der Waals surface area contributed by atoms with Crippen LogP contribution in [0.1, 0.15) is 4.88 Å². The number of thiophene rings is 1. The van der Waals surface area contributed by atoms with E-state index in [0.717, 1.165) is 28.8 Å². The van der Waals surface area contributed by atoms with Crippen LogP contribution in [-0.2, 0) is 9.84 Å². The number of hydrogen-bond acceptors (Lipinski definition) is 6. The second kappa shape index (κ2) is 7.02. The van der Waals surface area contributed by atoms with E-state index in [-0.39, 0.29) is 22.5 Å². The Morgan fingerprint density at radius 2 is 1.92 bits per heavy atom. The third-order valence-electron chi connectivity index (χ3n) is 3.10. The lowest BCUT2D eigenvalue weighted by molar-refractivity contribution is 0.604. The van der Waals surface area contributed by atoms with E-state index in [2.05, 4.69) is 4.98 Å². The van der Waals surface area contributed by atoms with Gasteiger partial charge < -0.3 is 5.73 Å². The fourth-order valence-electron chi connectivity index (χ4n) is 2.07. The molecule has 0 fully saturated rings. The number of hydrogen-bond donors (Lipinski definition) is 2. The summed E-state index contributed by atoms with van der Waals surface area (Å²) in [5.41, 5.74) is 7.77. The van der Waals surface area contributed by atoms with Crippen molar-refractivity contribution in [2.75, 3.05) is 6.26 Å². The zero-order valence-electron chi connectivity index (χ0n) is 12.5. The van der Waals surface area contributed by atoms with Gasteiger partial charge in [-0.15, -0.1) is 35.1 Å². The summed E-state index contributed by atoms with van der Waals surface area (Å²) in [5.74, 6) is -0.147. The number of sulfone groups is 1. The van der Waals surface area contributed by atoms with Crippen molar-refractivity contribution < 1.29 is 8.42 Å². The lowest BCUT2D eigenvalue weighted by Gasteiger charge is -1.98. The molecule has 2 heterocycles. The quantitative estimate of drug-likeness (QED) is 0.516. The summed E-state index contributed by atoms with van der Waals surface area (Å²) in [6.45, 7) is 0. The van der Waals surface area contributed by atoms with Crippen LogP contribution in [0.3, 0.4) is 0 Å². The van der Waals surface area contributed by atoms with Crippen molar-refractivity contribution in [2.24, 2.45) is 5.73 Å². The normalized spacial score (nSPS) is 11.0. The van der Waals surface area contributed by atoms with Crippen LogP contribution in [0.4, 0.5) is 0 Å². The van der Waals surface area contributed by atoms with Crippen LogP contribution in [0, 0.1) is 5.41 Å². The highest BCUT2D eigenvalue weighted by Gasteiger charge is 2.22. The van der Waals surface area contributed by atoms with Crippen LogP contribution in [0.25, 0.3) is 21.8 Å². The number of benzene rings is 1. The molecule has 0 aliphatic rings. The first-order valence-corrected chi connectivity index (χ1v) is 10.1. The predicted octanol–water partition coefficient (Wildman–Crippen LogP) is 3.65. The van der Waals surface area contributed by atoms with Gasteiger partial charge in [0.25, 0.3) is 0 Å². The van der Waals surface area contributed by atoms with E-state index in [1.54, 1.807) is 6.07 Å². The van der Waals surface area contributed by atoms with Crippen molar-refractivity contribution in [1.82, 2.24) is 4.98 Å². The third-order valence-corrected chi connectivity index (χ3v) is 6.99. The zero-order valence-corrected chi connectivity index (χ0v) is 15.8. The summed E-state index contributed by atoms with van der Waals surface area (Å²) < 4.78 is 24.2. The molecule has 1 aromatic carbocycles. The molecule has 0 bridgehead atoms. The zero-order chi connectivity index (χ0) is 16.6. The number of nitrogens with two attached hydrogens (primary N) is 1. The topological polar surface area (TPSA) is 96.9 Å². The molecule has 0 saturated heterocycles. The Hall–Kier alpha value is -1.74. The smallest absolute Gasteiger partial charge is 0.185 e. The molecule has 3 N–H and O–H groups in total. The maximum atomic E-state index is 12.0. The van der Waals surface area contributed by atoms with E-state index < -0.39 is 9.84 Å². The standard InChI is InChI=1S/C15H13N3O2S3.ClH/c1-23(19,20)15-10(7-12(22-15)13(16)17)14-18-11(8-21-14)9-5-3-2-4-6-9;/h2-8H,1H3,(H3,16,17);1H. The Balaban J connectivity index is 0.00000208. The van der Waals surface area contributed by atoms with Gasteiger partial charge in [0.05, 0.1) is 10.6 Å². The molecule has 9 heteroatoms. The SMILES string of the molecule is CS(=O)(=O)c1sc(C(=N)N)cc1-c1nc(-c2ccccc2)cs1.Cl. The van der Waals surface area contributed by atoms with E-state index in [0.29, 0.717) is 15.4 Å². The fourth-order valence-corrected chi connectivity index (χ4v) is 5.23. The maximum Gasteiger partial charge on any atom is 0.185 e. The molecule has 0 atom stereocenters. The molecule has 0 radical (unpaired) electrons. The minimum absolute atomic E-state index is 0. The molecule has 0 spiro atoms. The van der Waals surface area contributed by atoms with E-state index >= 15 is 0 Å². The number of rotatable bonds is 4. The molecule has 0 aliphatic carbocycles. The number of nitrogens with zero attached hydrogens (tertiary/aromatic N) is 1. The first-order chi connectivity index (χ1) is 10.9. The van der Waals surface area contributed by atoms with Crippen LogP contribution < -0.4 is 5.73 Å². The average Bonchev–Trinajstić information content (AvgIpc) is 3.14. The van der Waals surface area contributed by atoms with Gasteiger partial charge in [-0.25, -0.2) is 13.4 Å². The number of nitrogen functional groups attached to an aromatic ring is 1. The van der Waals surface area contributed by atoms with Crippen LogP contribution in [0.5, 0.6) is 0 Å². The van der Waals surface area contributed by atoms with Crippen molar-refractivity contribution in [1.29, 1.82) is 5.41 Å². The third kappa shape index (κ3) is 3.67. The second-order valence-electron chi connectivity index (χ2n) is 4.90. The van der Waals surface area contributed by atoms with E-state index in [1.807, 2.05) is 35.7 Å². The molecule has 126 valence electrons. The largest absolute Gasteiger partial charge is 0.383 e. The Morgan fingerprint density at radius 1 is 1.25 bits per heavy atom. The predicted molar refractivity (Wildman–Crippen MR) is 102 cm³/mol. The molecule has 3 rings (SSSR count). The maximum absolute atomic E-state index is 12.0. The Kier molecular flexibility index (Phi) is 5.44. The lowest BCUT2D eigenvalue weighted by Crippen LogP contribution is -2.08. The van der Waals surface area contributed by atoms with Gasteiger partial charge >= 0.3 is 0 Å². The van der Waals surface area contributed by atoms with Crippen LogP contribution in [0.2, 0.25) is 0 Å². The van der Waals surface area contributed by atoms with Gasteiger partial charge in [0.15, 0.2) is 9.84 Å². The van der Waals surface area contributed by atoms with Crippen molar-refractivity contribution in [3.8, 4) is 21.8 Å². The molecule has 0 unspecified atom stereocenters. The van der Waals surface area contributed by atoms with E-state index in [9.17, 15) is 8.42 Å². The molecule has 3 aromatic rings. The number of halogens is 1. The Morgan fingerprint density at radius 3 is 2.50 bits per heavy atom.